The molecule has 0 radical (unpaired) electrons. The van der Waals surface area contributed by atoms with E-state index in [-0.39, 0.29) is 17.1 Å². The van der Waals surface area contributed by atoms with Crippen LogP contribution in [0.1, 0.15) is 41.5 Å². The second-order valence-corrected chi connectivity index (χ2v) is 6.26. The number of allylic oxidation sites excluding steroid dienone is 1. The van der Waals surface area contributed by atoms with Crippen molar-refractivity contribution in [2.24, 2.45) is 0 Å². The molecule has 4 nitrogen and oxygen atoms in total. The minimum Gasteiger partial charge on any atom is -0.369 e. The number of hydrogen-bond acceptors (Lipinski definition) is 4. The zero-order valence-electron chi connectivity index (χ0n) is 12.0. The summed E-state index contributed by atoms with van der Waals surface area (Å²) in [5.74, 6) is -0.0968. The lowest BCUT2D eigenvalue weighted by Gasteiger charge is -2.41. The Labute approximate surface area is 118 Å². The van der Waals surface area contributed by atoms with Crippen LogP contribution in [-0.4, -0.2) is 35.2 Å². The lowest BCUT2D eigenvalue weighted by atomic mass is 9.85. The molecule has 0 amide bonds. The van der Waals surface area contributed by atoms with E-state index < -0.39 is 0 Å². The van der Waals surface area contributed by atoms with Gasteiger partial charge in [0.05, 0.1) is 12.4 Å². The molecule has 0 bridgehead atoms. The smallest absolute Gasteiger partial charge is 0.210 e. The Morgan fingerprint density at radius 3 is 2.25 bits per heavy atom. The van der Waals surface area contributed by atoms with E-state index in [0.717, 1.165) is 0 Å². The van der Waals surface area contributed by atoms with Gasteiger partial charge in [-0.05, 0) is 20.8 Å². The first-order valence-corrected chi connectivity index (χ1v) is 6.80. The van der Waals surface area contributed by atoms with Crippen molar-refractivity contribution in [3.8, 4) is 0 Å². The lowest BCUT2D eigenvalue weighted by Crippen LogP contribution is -2.53. The second-order valence-electron chi connectivity index (χ2n) is 6.26. The van der Waals surface area contributed by atoms with Gasteiger partial charge in [0.1, 0.15) is 0 Å². The van der Waals surface area contributed by atoms with E-state index in [1.165, 1.54) is 0 Å². The largest absolute Gasteiger partial charge is 0.369 e. The molecule has 2 aliphatic rings. The van der Waals surface area contributed by atoms with E-state index in [1.807, 2.05) is 0 Å². The molecule has 1 heterocycles. The molecule has 20 heavy (non-hydrogen) atoms. The highest BCUT2D eigenvalue weighted by atomic mass is 16.1. The summed E-state index contributed by atoms with van der Waals surface area (Å²) in [6.45, 7) is 7.41. The average Bonchev–Trinajstić information content (AvgIpc) is 2.43. The molecule has 0 aromatic heterocycles. The van der Waals surface area contributed by atoms with Gasteiger partial charge in [-0.2, -0.15) is 0 Å². The summed E-state index contributed by atoms with van der Waals surface area (Å²) in [7, 11) is 0. The molecule has 1 aliphatic heterocycles. The molecule has 4 heteroatoms. The standard InChI is InChI=1S/C16H18N2O2/c1-16(2,3)18-8-12-13(17-9-18)15(20)11-7-5-4-6-10(11)14(12)19/h4-7,17H,8-9H2,1-3H3. The van der Waals surface area contributed by atoms with Gasteiger partial charge in [-0.15, -0.1) is 0 Å². The minimum atomic E-state index is -0.0660. The maximum Gasteiger partial charge on any atom is 0.210 e. The Morgan fingerprint density at radius 1 is 1.05 bits per heavy atom. The number of Topliss-reactive ketones (excluding diaryl/α,β-unsaturated/α-hetero) is 2. The maximum atomic E-state index is 12.6. The molecule has 104 valence electrons. The predicted molar refractivity (Wildman–Crippen MR) is 76.6 cm³/mol. The summed E-state index contributed by atoms with van der Waals surface area (Å²) in [4.78, 5) is 27.2. The van der Waals surface area contributed by atoms with Crippen LogP contribution in [0, 0.1) is 0 Å². The van der Waals surface area contributed by atoms with Crippen LogP contribution in [0.5, 0.6) is 0 Å². The van der Waals surface area contributed by atoms with Crippen molar-refractivity contribution in [3.63, 3.8) is 0 Å². The fourth-order valence-corrected chi connectivity index (χ4v) is 2.66. The Hall–Kier alpha value is -1.94. The Kier molecular flexibility index (Phi) is 2.80. The molecule has 1 aromatic carbocycles. The number of nitrogens with one attached hydrogen (secondary N) is 1. The number of ketones is 2. The number of carbonyl (C=O) groups is 2. The Balaban J connectivity index is 2.05. The number of benzene rings is 1. The first-order chi connectivity index (χ1) is 9.39. The molecule has 3 rings (SSSR count). The van der Waals surface area contributed by atoms with Crippen LogP contribution in [0.4, 0.5) is 0 Å². The highest BCUT2D eigenvalue weighted by molar-refractivity contribution is 6.26. The van der Waals surface area contributed by atoms with Crippen LogP contribution in [0.2, 0.25) is 0 Å². The van der Waals surface area contributed by atoms with Crippen LogP contribution in [0.3, 0.4) is 0 Å². The third kappa shape index (κ3) is 1.88. The van der Waals surface area contributed by atoms with Crippen LogP contribution >= 0.6 is 0 Å². The van der Waals surface area contributed by atoms with Gasteiger partial charge in [0, 0.05) is 28.8 Å². The second kappa shape index (κ2) is 4.28. The van der Waals surface area contributed by atoms with Gasteiger partial charge in [-0.25, -0.2) is 0 Å². The van der Waals surface area contributed by atoms with E-state index in [0.29, 0.717) is 35.6 Å². The van der Waals surface area contributed by atoms with Crippen LogP contribution in [-0.2, 0) is 0 Å². The third-order valence-electron chi connectivity index (χ3n) is 3.96. The van der Waals surface area contributed by atoms with E-state index in [2.05, 4.69) is 31.0 Å². The fourth-order valence-electron chi connectivity index (χ4n) is 2.66. The molecule has 0 saturated carbocycles. The van der Waals surface area contributed by atoms with Crippen molar-refractivity contribution in [1.29, 1.82) is 0 Å². The van der Waals surface area contributed by atoms with Crippen molar-refractivity contribution in [2.75, 3.05) is 13.2 Å². The number of nitrogens with zero attached hydrogens (tertiary/aromatic N) is 1. The van der Waals surface area contributed by atoms with Crippen molar-refractivity contribution < 1.29 is 9.59 Å². The maximum absolute atomic E-state index is 12.6. The van der Waals surface area contributed by atoms with Gasteiger partial charge in [-0.3, -0.25) is 14.5 Å². The third-order valence-corrected chi connectivity index (χ3v) is 3.96. The topological polar surface area (TPSA) is 49.4 Å². The van der Waals surface area contributed by atoms with E-state index in [4.69, 9.17) is 0 Å². The summed E-state index contributed by atoms with van der Waals surface area (Å²) < 4.78 is 0. The number of fused-ring (bicyclic) bond motifs is 1. The minimum absolute atomic E-state index is 0.0309. The number of rotatable bonds is 0. The summed E-state index contributed by atoms with van der Waals surface area (Å²) in [5, 5.41) is 3.13. The van der Waals surface area contributed by atoms with Gasteiger partial charge in [0.15, 0.2) is 5.78 Å². The molecule has 1 N–H and O–H groups in total. The Bertz CT molecular complexity index is 638. The van der Waals surface area contributed by atoms with Gasteiger partial charge >= 0.3 is 0 Å². The average molecular weight is 270 g/mol. The zero-order valence-corrected chi connectivity index (χ0v) is 12.0. The molecule has 0 unspecified atom stereocenters. The molecule has 1 aromatic rings. The molecule has 0 fully saturated rings. The molecular formula is C16H18N2O2. The first-order valence-electron chi connectivity index (χ1n) is 6.80. The van der Waals surface area contributed by atoms with Gasteiger partial charge in [-0.1, -0.05) is 24.3 Å². The van der Waals surface area contributed by atoms with Crippen LogP contribution in [0.15, 0.2) is 35.5 Å². The molecule has 0 saturated heterocycles. The van der Waals surface area contributed by atoms with Crippen molar-refractivity contribution in [1.82, 2.24) is 10.2 Å². The zero-order chi connectivity index (χ0) is 14.5. The van der Waals surface area contributed by atoms with Crippen molar-refractivity contribution >= 4 is 11.6 Å². The molecule has 1 aliphatic carbocycles. The first kappa shape index (κ1) is 13.1. The highest BCUT2D eigenvalue weighted by Gasteiger charge is 2.37. The monoisotopic (exact) mass is 270 g/mol. The quantitative estimate of drug-likeness (QED) is 0.783. The number of carbonyl (C=O) groups excluding carboxylic acids is 2. The van der Waals surface area contributed by atoms with Gasteiger partial charge in [0.2, 0.25) is 5.78 Å². The van der Waals surface area contributed by atoms with Crippen LogP contribution in [0.25, 0.3) is 0 Å². The lowest BCUT2D eigenvalue weighted by molar-refractivity contribution is 0.0884. The number of hydrogen-bond donors (Lipinski definition) is 1. The molecule has 0 atom stereocenters. The normalized spacial score (nSPS) is 19.6. The van der Waals surface area contributed by atoms with E-state index in [9.17, 15) is 9.59 Å². The van der Waals surface area contributed by atoms with Gasteiger partial charge in [0.25, 0.3) is 0 Å². The van der Waals surface area contributed by atoms with E-state index in [1.54, 1.807) is 24.3 Å². The molecular weight excluding hydrogens is 252 g/mol. The summed E-state index contributed by atoms with van der Waals surface area (Å²) in [6, 6.07) is 7.04. The van der Waals surface area contributed by atoms with E-state index >= 15 is 0 Å². The Morgan fingerprint density at radius 2 is 1.65 bits per heavy atom. The summed E-state index contributed by atoms with van der Waals surface area (Å²) >= 11 is 0. The van der Waals surface area contributed by atoms with Crippen molar-refractivity contribution in [3.05, 3.63) is 46.7 Å². The van der Waals surface area contributed by atoms with Crippen LogP contribution < -0.4 is 5.32 Å². The predicted octanol–water partition coefficient (Wildman–Crippen LogP) is 1.98. The fraction of sp³-hybridized carbons (Fsp3) is 0.375. The van der Waals surface area contributed by atoms with Gasteiger partial charge < -0.3 is 5.32 Å². The summed E-state index contributed by atoms with van der Waals surface area (Å²) in [6.07, 6.45) is 0. The summed E-state index contributed by atoms with van der Waals surface area (Å²) in [5.41, 5.74) is 2.05. The SMILES string of the molecule is CC(C)(C)N1CNC2=C(C1)C(=O)c1ccccc1C2=O. The highest BCUT2D eigenvalue weighted by Crippen LogP contribution is 2.29. The molecule has 0 spiro atoms. The van der Waals surface area contributed by atoms with Crippen molar-refractivity contribution in [2.45, 2.75) is 26.3 Å².